The molecule has 2 heteroatoms. The second-order valence-corrected chi connectivity index (χ2v) is 5.39. The molecule has 0 spiro atoms. The van der Waals surface area contributed by atoms with Crippen LogP contribution < -0.4 is 0 Å². The number of likely N-dealkylation sites (tertiary alicyclic amines) is 1. The Labute approximate surface area is 93.7 Å². The number of rotatable bonds is 2. The number of nitrogens with zero attached hydrogens (tertiary/aromatic N) is 1. The molecular formula is C13H25NO. The van der Waals surface area contributed by atoms with Crippen molar-refractivity contribution in [1.82, 2.24) is 4.90 Å². The maximum atomic E-state index is 9.71. The highest BCUT2D eigenvalue weighted by Gasteiger charge is 2.28. The highest BCUT2D eigenvalue weighted by Crippen LogP contribution is 2.28. The van der Waals surface area contributed by atoms with E-state index in [2.05, 4.69) is 11.8 Å². The third kappa shape index (κ3) is 2.94. The lowest BCUT2D eigenvalue weighted by atomic mass is 9.88. The van der Waals surface area contributed by atoms with Crippen LogP contribution in [0, 0.1) is 5.92 Å². The molecule has 1 aliphatic carbocycles. The molecule has 1 saturated carbocycles. The standard InChI is InChI=1S/C13H25NO/c1-2-11-5-4-8-14(10-11)12-6-3-7-13(15)9-12/h11-13,15H,2-10H2,1H3. The Balaban J connectivity index is 1.86. The average Bonchev–Trinajstić information content (AvgIpc) is 2.29. The molecule has 0 aromatic rings. The Bertz CT molecular complexity index is 195. The fourth-order valence-corrected chi connectivity index (χ4v) is 3.23. The zero-order chi connectivity index (χ0) is 10.7. The average molecular weight is 211 g/mol. The van der Waals surface area contributed by atoms with E-state index in [4.69, 9.17) is 0 Å². The molecular weight excluding hydrogens is 186 g/mol. The SMILES string of the molecule is CCC1CCCN(C2CCCC(O)C2)C1. The highest BCUT2D eigenvalue weighted by atomic mass is 16.3. The van der Waals surface area contributed by atoms with Crippen molar-refractivity contribution in [2.24, 2.45) is 5.92 Å². The van der Waals surface area contributed by atoms with Crippen LogP contribution in [-0.2, 0) is 0 Å². The van der Waals surface area contributed by atoms with Gasteiger partial charge in [0.1, 0.15) is 0 Å². The smallest absolute Gasteiger partial charge is 0.0555 e. The van der Waals surface area contributed by atoms with Crippen molar-refractivity contribution in [3.63, 3.8) is 0 Å². The molecule has 0 aromatic carbocycles. The molecule has 1 heterocycles. The van der Waals surface area contributed by atoms with Crippen molar-refractivity contribution in [3.8, 4) is 0 Å². The van der Waals surface area contributed by atoms with E-state index in [-0.39, 0.29) is 6.10 Å². The third-order valence-electron chi connectivity index (χ3n) is 4.26. The van der Waals surface area contributed by atoms with Crippen LogP contribution >= 0.6 is 0 Å². The molecule has 0 bridgehead atoms. The molecule has 0 radical (unpaired) electrons. The molecule has 2 aliphatic rings. The first-order valence-corrected chi connectivity index (χ1v) is 6.71. The molecule has 2 fully saturated rings. The minimum atomic E-state index is -0.0225. The Morgan fingerprint density at radius 1 is 1.20 bits per heavy atom. The van der Waals surface area contributed by atoms with Crippen LogP contribution in [0.15, 0.2) is 0 Å². The van der Waals surface area contributed by atoms with E-state index in [1.165, 1.54) is 45.2 Å². The summed E-state index contributed by atoms with van der Waals surface area (Å²) in [7, 11) is 0. The topological polar surface area (TPSA) is 23.5 Å². The number of piperidine rings is 1. The maximum absolute atomic E-state index is 9.71. The minimum absolute atomic E-state index is 0.0225. The molecule has 2 nitrogen and oxygen atoms in total. The van der Waals surface area contributed by atoms with Gasteiger partial charge >= 0.3 is 0 Å². The van der Waals surface area contributed by atoms with Gasteiger partial charge < -0.3 is 10.0 Å². The van der Waals surface area contributed by atoms with Crippen LogP contribution in [-0.4, -0.2) is 35.2 Å². The van der Waals surface area contributed by atoms with Gasteiger partial charge in [-0.1, -0.05) is 13.3 Å². The lowest BCUT2D eigenvalue weighted by Gasteiger charge is -2.40. The van der Waals surface area contributed by atoms with Crippen LogP contribution in [0.25, 0.3) is 0 Å². The molecule has 15 heavy (non-hydrogen) atoms. The summed E-state index contributed by atoms with van der Waals surface area (Å²) >= 11 is 0. The van der Waals surface area contributed by atoms with E-state index in [9.17, 15) is 5.11 Å². The lowest BCUT2D eigenvalue weighted by Crippen LogP contribution is -2.45. The Kier molecular flexibility index (Phi) is 4.04. The van der Waals surface area contributed by atoms with E-state index in [1.54, 1.807) is 0 Å². The van der Waals surface area contributed by atoms with Crippen molar-refractivity contribution in [2.75, 3.05) is 13.1 Å². The third-order valence-corrected chi connectivity index (χ3v) is 4.26. The van der Waals surface area contributed by atoms with Gasteiger partial charge in [-0.05, 0) is 51.0 Å². The molecule has 3 atom stereocenters. The van der Waals surface area contributed by atoms with Crippen molar-refractivity contribution in [1.29, 1.82) is 0 Å². The first kappa shape index (κ1) is 11.4. The molecule has 1 saturated heterocycles. The van der Waals surface area contributed by atoms with Crippen LogP contribution in [0.4, 0.5) is 0 Å². The molecule has 0 amide bonds. The molecule has 88 valence electrons. The zero-order valence-corrected chi connectivity index (χ0v) is 9.99. The number of hydrogen-bond acceptors (Lipinski definition) is 2. The van der Waals surface area contributed by atoms with Crippen LogP contribution in [0.2, 0.25) is 0 Å². The molecule has 2 rings (SSSR count). The molecule has 3 unspecified atom stereocenters. The van der Waals surface area contributed by atoms with Crippen molar-refractivity contribution in [2.45, 2.75) is 64.0 Å². The van der Waals surface area contributed by atoms with E-state index >= 15 is 0 Å². The summed E-state index contributed by atoms with van der Waals surface area (Å²) in [6, 6.07) is 0.683. The van der Waals surface area contributed by atoms with E-state index < -0.39 is 0 Å². The summed E-state index contributed by atoms with van der Waals surface area (Å²) in [5, 5.41) is 9.71. The van der Waals surface area contributed by atoms with Gasteiger partial charge in [0.15, 0.2) is 0 Å². The van der Waals surface area contributed by atoms with E-state index in [0.29, 0.717) is 6.04 Å². The lowest BCUT2D eigenvalue weighted by molar-refractivity contribution is 0.0398. The van der Waals surface area contributed by atoms with Crippen LogP contribution in [0.5, 0.6) is 0 Å². The number of aliphatic hydroxyl groups excluding tert-OH is 1. The Morgan fingerprint density at radius 2 is 2.07 bits per heavy atom. The summed E-state index contributed by atoms with van der Waals surface area (Å²) < 4.78 is 0. The fourth-order valence-electron chi connectivity index (χ4n) is 3.23. The van der Waals surface area contributed by atoms with Gasteiger partial charge in [-0.25, -0.2) is 0 Å². The van der Waals surface area contributed by atoms with E-state index in [1.807, 2.05) is 0 Å². The number of aliphatic hydroxyl groups is 1. The number of hydrogen-bond donors (Lipinski definition) is 1. The quantitative estimate of drug-likeness (QED) is 0.758. The van der Waals surface area contributed by atoms with Gasteiger partial charge in [-0.3, -0.25) is 0 Å². The van der Waals surface area contributed by atoms with Crippen molar-refractivity contribution >= 4 is 0 Å². The monoisotopic (exact) mass is 211 g/mol. The Morgan fingerprint density at radius 3 is 2.80 bits per heavy atom. The minimum Gasteiger partial charge on any atom is -0.393 e. The summed E-state index contributed by atoms with van der Waals surface area (Å²) in [6.07, 6.45) is 8.68. The first-order chi connectivity index (χ1) is 7.29. The maximum Gasteiger partial charge on any atom is 0.0555 e. The zero-order valence-electron chi connectivity index (χ0n) is 9.99. The van der Waals surface area contributed by atoms with Crippen LogP contribution in [0.3, 0.4) is 0 Å². The van der Waals surface area contributed by atoms with Crippen molar-refractivity contribution < 1.29 is 5.11 Å². The molecule has 1 N–H and O–H groups in total. The first-order valence-electron chi connectivity index (χ1n) is 6.71. The normalized spacial score (nSPS) is 39.2. The highest BCUT2D eigenvalue weighted by molar-refractivity contribution is 4.83. The fraction of sp³-hybridized carbons (Fsp3) is 1.00. The Hall–Kier alpha value is -0.0800. The second kappa shape index (κ2) is 5.31. The van der Waals surface area contributed by atoms with Gasteiger partial charge in [0.25, 0.3) is 0 Å². The van der Waals surface area contributed by atoms with Gasteiger partial charge in [0.05, 0.1) is 6.10 Å². The predicted molar refractivity (Wildman–Crippen MR) is 62.9 cm³/mol. The molecule has 1 aliphatic heterocycles. The second-order valence-electron chi connectivity index (χ2n) is 5.39. The summed E-state index contributed by atoms with van der Waals surface area (Å²) in [6.45, 7) is 4.87. The predicted octanol–water partition coefficient (Wildman–Crippen LogP) is 2.41. The summed E-state index contributed by atoms with van der Waals surface area (Å²) in [5.74, 6) is 0.915. The summed E-state index contributed by atoms with van der Waals surface area (Å²) in [4.78, 5) is 2.65. The molecule has 0 aromatic heterocycles. The van der Waals surface area contributed by atoms with Crippen molar-refractivity contribution in [3.05, 3.63) is 0 Å². The largest absolute Gasteiger partial charge is 0.393 e. The van der Waals surface area contributed by atoms with E-state index in [0.717, 1.165) is 18.8 Å². The summed E-state index contributed by atoms with van der Waals surface area (Å²) in [5.41, 5.74) is 0. The van der Waals surface area contributed by atoms with Gasteiger partial charge in [-0.15, -0.1) is 0 Å². The van der Waals surface area contributed by atoms with Crippen LogP contribution in [0.1, 0.15) is 51.9 Å². The van der Waals surface area contributed by atoms with Gasteiger partial charge in [0.2, 0.25) is 0 Å². The van der Waals surface area contributed by atoms with Gasteiger partial charge in [0, 0.05) is 12.6 Å². The van der Waals surface area contributed by atoms with Gasteiger partial charge in [-0.2, -0.15) is 0 Å².